The number of carbonyl (C=O) groups excluding carboxylic acids is 1. The molecule has 0 bridgehead atoms. The topological polar surface area (TPSA) is 78.3 Å². The van der Waals surface area contributed by atoms with Gasteiger partial charge in [-0.3, -0.25) is 14.8 Å². The Bertz CT molecular complexity index is 1230. The fraction of sp³-hybridized carbons (Fsp3) is 0.174. The van der Waals surface area contributed by atoms with Gasteiger partial charge >= 0.3 is 0 Å². The van der Waals surface area contributed by atoms with Crippen LogP contribution in [0.5, 0.6) is 11.5 Å². The zero-order chi connectivity index (χ0) is 22.0. The average molecular weight is 435 g/mol. The molecule has 2 aromatic heterocycles. The van der Waals surface area contributed by atoms with E-state index in [2.05, 4.69) is 15.4 Å². The van der Waals surface area contributed by atoms with Crippen molar-refractivity contribution < 1.29 is 14.3 Å². The fourth-order valence-corrected chi connectivity index (χ4v) is 4.15. The first kappa shape index (κ1) is 20.6. The van der Waals surface area contributed by atoms with E-state index in [1.165, 1.54) is 11.3 Å². The number of anilines is 1. The van der Waals surface area contributed by atoms with E-state index in [1.54, 1.807) is 43.3 Å². The van der Waals surface area contributed by atoms with Gasteiger partial charge in [0.1, 0.15) is 11.5 Å². The minimum Gasteiger partial charge on any atom is -0.497 e. The first-order valence-corrected chi connectivity index (χ1v) is 10.4. The molecule has 0 saturated carbocycles. The van der Waals surface area contributed by atoms with E-state index in [0.29, 0.717) is 16.4 Å². The molecule has 4 aromatic rings. The molecule has 2 heterocycles. The maximum Gasteiger partial charge on any atom is 0.257 e. The third kappa shape index (κ3) is 4.15. The molecule has 2 aromatic carbocycles. The van der Waals surface area contributed by atoms with Crippen molar-refractivity contribution >= 4 is 22.4 Å². The molecule has 158 valence electrons. The SMILES string of the molecule is COc1ccc(-c2nc(NC(=O)c3ccc(OC)c(-c4ccnn4C)c3)sc2C)cc1. The largest absolute Gasteiger partial charge is 0.497 e. The molecule has 0 aliphatic carbocycles. The molecule has 0 aliphatic rings. The number of hydrogen-bond donors (Lipinski definition) is 1. The van der Waals surface area contributed by atoms with Gasteiger partial charge in [0, 0.05) is 34.8 Å². The molecule has 1 N–H and O–H groups in total. The smallest absolute Gasteiger partial charge is 0.257 e. The predicted molar refractivity (Wildman–Crippen MR) is 122 cm³/mol. The van der Waals surface area contributed by atoms with Gasteiger partial charge in [0.15, 0.2) is 5.13 Å². The van der Waals surface area contributed by atoms with E-state index >= 15 is 0 Å². The van der Waals surface area contributed by atoms with Gasteiger partial charge in [-0.2, -0.15) is 5.10 Å². The van der Waals surface area contributed by atoms with Gasteiger partial charge in [-0.1, -0.05) is 0 Å². The number of methoxy groups -OCH3 is 2. The Morgan fingerprint density at radius 2 is 1.84 bits per heavy atom. The summed E-state index contributed by atoms with van der Waals surface area (Å²) in [5.41, 5.74) is 3.98. The van der Waals surface area contributed by atoms with Crippen LogP contribution < -0.4 is 14.8 Å². The monoisotopic (exact) mass is 434 g/mol. The van der Waals surface area contributed by atoms with Crippen molar-refractivity contribution in [2.24, 2.45) is 7.05 Å². The van der Waals surface area contributed by atoms with Gasteiger partial charge in [-0.15, -0.1) is 11.3 Å². The lowest BCUT2D eigenvalue weighted by Crippen LogP contribution is -2.12. The average Bonchev–Trinajstić information content (AvgIpc) is 3.38. The Labute approximate surface area is 184 Å². The summed E-state index contributed by atoms with van der Waals surface area (Å²) in [6, 6.07) is 14.9. The highest BCUT2D eigenvalue weighted by Crippen LogP contribution is 2.33. The number of rotatable bonds is 6. The number of thiazole rings is 1. The number of aromatic nitrogens is 3. The van der Waals surface area contributed by atoms with Crippen LogP contribution in [0.3, 0.4) is 0 Å². The second-order valence-electron chi connectivity index (χ2n) is 6.86. The van der Waals surface area contributed by atoms with Gasteiger partial charge in [0.2, 0.25) is 0 Å². The van der Waals surface area contributed by atoms with Gasteiger partial charge in [-0.25, -0.2) is 4.98 Å². The summed E-state index contributed by atoms with van der Waals surface area (Å²) in [4.78, 5) is 18.6. The van der Waals surface area contributed by atoms with Crippen molar-refractivity contribution in [1.29, 1.82) is 0 Å². The van der Waals surface area contributed by atoms with Crippen LogP contribution >= 0.6 is 11.3 Å². The molecular formula is C23H22N4O3S. The zero-order valence-electron chi connectivity index (χ0n) is 17.7. The second-order valence-corrected chi connectivity index (χ2v) is 8.06. The third-order valence-corrected chi connectivity index (χ3v) is 5.83. The molecule has 7 nitrogen and oxygen atoms in total. The van der Waals surface area contributed by atoms with Gasteiger partial charge in [-0.05, 0) is 55.5 Å². The predicted octanol–water partition coefficient (Wildman–Crippen LogP) is 4.79. The Hall–Kier alpha value is -3.65. The Morgan fingerprint density at radius 3 is 2.48 bits per heavy atom. The summed E-state index contributed by atoms with van der Waals surface area (Å²) >= 11 is 1.44. The summed E-state index contributed by atoms with van der Waals surface area (Å²) in [5, 5.41) is 7.67. The third-order valence-electron chi connectivity index (χ3n) is 4.94. The molecule has 0 spiro atoms. The van der Waals surface area contributed by atoms with E-state index in [0.717, 1.165) is 33.1 Å². The summed E-state index contributed by atoms with van der Waals surface area (Å²) < 4.78 is 12.4. The number of carbonyl (C=O) groups is 1. The number of amides is 1. The molecule has 0 radical (unpaired) electrons. The highest BCUT2D eigenvalue weighted by atomic mass is 32.1. The lowest BCUT2D eigenvalue weighted by Gasteiger charge is -2.11. The molecular weight excluding hydrogens is 412 g/mol. The number of nitrogens with zero attached hydrogens (tertiary/aromatic N) is 3. The number of hydrogen-bond acceptors (Lipinski definition) is 6. The van der Waals surface area contributed by atoms with Crippen molar-refractivity contribution in [3.63, 3.8) is 0 Å². The molecule has 0 fully saturated rings. The van der Waals surface area contributed by atoms with Crippen LogP contribution in [0.4, 0.5) is 5.13 Å². The maximum atomic E-state index is 12.9. The molecule has 4 rings (SSSR count). The highest BCUT2D eigenvalue weighted by Gasteiger charge is 2.16. The number of nitrogens with one attached hydrogen (secondary N) is 1. The Morgan fingerprint density at radius 1 is 1.06 bits per heavy atom. The summed E-state index contributed by atoms with van der Waals surface area (Å²) in [7, 11) is 5.09. The maximum absolute atomic E-state index is 12.9. The van der Waals surface area contributed by atoms with E-state index in [9.17, 15) is 4.79 Å². The van der Waals surface area contributed by atoms with Crippen LogP contribution in [-0.4, -0.2) is 34.9 Å². The molecule has 31 heavy (non-hydrogen) atoms. The van der Waals surface area contributed by atoms with E-state index < -0.39 is 0 Å². The van der Waals surface area contributed by atoms with Crippen molar-refractivity contribution in [3.05, 3.63) is 65.2 Å². The van der Waals surface area contributed by atoms with Gasteiger partial charge in [0.05, 0.1) is 25.6 Å². The van der Waals surface area contributed by atoms with Crippen LogP contribution in [0.1, 0.15) is 15.2 Å². The standard InChI is InChI=1S/C23H22N4O3S/c1-14-21(15-5-8-17(29-3)9-6-15)25-23(31-14)26-22(28)16-7-10-20(30-4)18(13-16)19-11-12-24-27(19)2/h5-13H,1-4H3,(H,25,26,28). The fourth-order valence-electron chi connectivity index (χ4n) is 3.32. The minimum atomic E-state index is -0.235. The number of ether oxygens (including phenoxy) is 2. The van der Waals surface area contributed by atoms with Crippen LogP contribution in [0, 0.1) is 6.92 Å². The molecule has 0 saturated heterocycles. The zero-order valence-corrected chi connectivity index (χ0v) is 18.5. The van der Waals surface area contributed by atoms with E-state index in [4.69, 9.17) is 9.47 Å². The normalized spacial score (nSPS) is 10.7. The summed E-state index contributed by atoms with van der Waals surface area (Å²) in [5.74, 6) is 1.22. The molecule has 0 aliphatic heterocycles. The van der Waals surface area contributed by atoms with Crippen LogP contribution in [0.25, 0.3) is 22.5 Å². The van der Waals surface area contributed by atoms with Crippen LogP contribution in [-0.2, 0) is 7.05 Å². The summed E-state index contributed by atoms with van der Waals surface area (Å²) in [6.45, 7) is 1.99. The molecule has 0 atom stereocenters. The van der Waals surface area contributed by atoms with Crippen molar-refractivity contribution in [2.75, 3.05) is 19.5 Å². The van der Waals surface area contributed by atoms with Crippen LogP contribution in [0.15, 0.2) is 54.7 Å². The minimum absolute atomic E-state index is 0.235. The van der Waals surface area contributed by atoms with Crippen molar-refractivity contribution in [1.82, 2.24) is 14.8 Å². The van der Waals surface area contributed by atoms with Crippen LogP contribution in [0.2, 0.25) is 0 Å². The highest BCUT2D eigenvalue weighted by molar-refractivity contribution is 7.16. The summed E-state index contributed by atoms with van der Waals surface area (Å²) in [6.07, 6.45) is 1.71. The molecule has 8 heteroatoms. The quantitative estimate of drug-likeness (QED) is 0.472. The Balaban J connectivity index is 1.59. The molecule has 1 amide bonds. The Kier molecular flexibility index (Phi) is 5.73. The second kappa shape index (κ2) is 8.61. The number of aryl methyl sites for hydroxylation is 2. The first-order chi connectivity index (χ1) is 15.0. The van der Waals surface area contributed by atoms with E-state index in [-0.39, 0.29) is 5.91 Å². The lowest BCUT2D eigenvalue weighted by atomic mass is 10.1. The van der Waals surface area contributed by atoms with E-state index in [1.807, 2.05) is 44.3 Å². The first-order valence-electron chi connectivity index (χ1n) is 9.59. The van der Waals surface area contributed by atoms with Crippen molar-refractivity contribution in [2.45, 2.75) is 6.92 Å². The lowest BCUT2D eigenvalue weighted by molar-refractivity contribution is 0.102. The molecule has 0 unspecified atom stereocenters. The van der Waals surface area contributed by atoms with Gasteiger partial charge < -0.3 is 9.47 Å². The number of benzene rings is 2. The van der Waals surface area contributed by atoms with Crippen molar-refractivity contribution in [3.8, 4) is 34.0 Å². The van der Waals surface area contributed by atoms with Gasteiger partial charge in [0.25, 0.3) is 5.91 Å².